The van der Waals surface area contributed by atoms with Crippen LogP contribution < -0.4 is 0 Å². The van der Waals surface area contributed by atoms with Crippen molar-refractivity contribution in [1.82, 2.24) is 14.5 Å². The van der Waals surface area contributed by atoms with Gasteiger partial charge < -0.3 is 14.8 Å². The lowest BCUT2D eigenvalue weighted by Crippen LogP contribution is -2.27. The summed E-state index contributed by atoms with van der Waals surface area (Å²) in [7, 11) is 1.65. The van der Waals surface area contributed by atoms with Crippen LogP contribution in [0.1, 0.15) is 5.82 Å². The summed E-state index contributed by atoms with van der Waals surface area (Å²) in [6.45, 7) is -0.0543. The lowest BCUT2D eigenvalue weighted by Gasteiger charge is -2.14. The molecule has 0 aliphatic rings. The number of carbonyl (C=O) groups is 2. The Morgan fingerprint density at radius 2 is 1.95 bits per heavy atom. The van der Waals surface area contributed by atoms with E-state index in [9.17, 15) is 9.59 Å². The van der Waals surface area contributed by atoms with Crippen LogP contribution in [0.15, 0.2) is 24.3 Å². The van der Waals surface area contributed by atoms with Crippen molar-refractivity contribution in [3.63, 3.8) is 0 Å². The number of likely N-dealkylation sites (N-methyl/N-ethyl adjacent to an activating group) is 1. The van der Waals surface area contributed by atoms with Gasteiger partial charge >= 0.3 is 11.9 Å². The summed E-state index contributed by atoms with van der Waals surface area (Å²) in [6.07, 6.45) is 0. The molecule has 0 fully saturated rings. The lowest BCUT2D eigenvalue weighted by atomic mass is 10.3. The van der Waals surface area contributed by atoms with Gasteiger partial charge in [-0.3, -0.25) is 14.5 Å². The molecular weight excluding hydrogens is 262 g/mol. The number of aromatic nitrogens is 2. The third-order valence-electron chi connectivity index (χ3n) is 2.84. The van der Waals surface area contributed by atoms with E-state index in [0.717, 1.165) is 5.52 Å². The van der Waals surface area contributed by atoms with E-state index < -0.39 is 11.9 Å². The van der Waals surface area contributed by atoms with E-state index in [0.29, 0.717) is 11.3 Å². The first kappa shape index (κ1) is 14.0. The fraction of sp³-hybridized carbons (Fsp3) is 0.308. The summed E-state index contributed by atoms with van der Waals surface area (Å²) in [5, 5.41) is 17.7. The van der Waals surface area contributed by atoms with Crippen LogP contribution in [0.2, 0.25) is 0 Å². The number of carboxylic acid groups (broad SMARTS) is 2. The maximum Gasteiger partial charge on any atom is 0.323 e. The van der Waals surface area contributed by atoms with Gasteiger partial charge in [-0.15, -0.1) is 0 Å². The fourth-order valence-corrected chi connectivity index (χ4v) is 2.09. The minimum absolute atomic E-state index is 0.129. The molecule has 2 rings (SSSR count). The topological polar surface area (TPSA) is 95.7 Å². The standard InChI is InChI=1S/C13H15N3O4/c1-15(7-12(17)18)6-11-14-9-4-2-3-5-10(9)16(11)8-13(19)20/h2-5H,6-8H2,1H3,(H,17,18)(H,19,20). The molecule has 1 heterocycles. The van der Waals surface area contributed by atoms with Crippen LogP contribution in [-0.2, 0) is 22.7 Å². The summed E-state index contributed by atoms with van der Waals surface area (Å²) in [5.74, 6) is -1.36. The highest BCUT2D eigenvalue weighted by atomic mass is 16.4. The average Bonchev–Trinajstić information content (AvgIpc) is 2.66. The molecule has 1 aromatic carbocycles. The van der Waals surface area contributed by atoms with E-state index in [4.69, 9.17) is 10.2 Å². The number of aliphatic carboxylic acids is 2. The normalized spacial score (nSPS) is 11.1. The van der Waals surface area contributed by atoms with Crippen molar-refractivity contribution in [1.29, 1.82) is 0 Å². The van der Waals surface area contributed by atoms with Crippen molar-refractivity contribution in [3.8, 4) is 0 Å². The highest BCUT2D eigenvalue weighted by molar-refractivity contribution is 5.78. The number of imidazole rings is 1. The second kappa shape index (κ2) is 5.70. The zero-order valence-corrected chi connectivity index (χ0v) is 11.0. The lowest BCUT2D eigenvalue weighted by molar-refractivity contribution is -0.139. The van der Waals surface area contributed by atoms with Crippen molar-refractivity contribution in [2.75, 3.05) is 13.6 Å². The molecule has 0 bridgehead atoms. The number of hydrogen-bond donors (Lipinski definition) is 2. The van der Waals surface area contributed by atoms with Gasteiger partial charge in [-0.25, -0.2) is 4.98 Å². The van der Waals surface area contributed by atoms with Gasteiger partial charge in [0.1, 0.15) is 12.4 Å². The Morgan fingerprint density at radius 3 is 2.60 bits per heavy atom. The molecule has 0 amide bonds. The third-order valence-corrected chi connectivity index (χ3v) is 2.84. The van der Waals surface area contributed by atoms with Gasteiger partial charge in [-0.1, -0.05) is 12.1 Å². The summed E-state index contributed by atoms with van der Waals surface area (Å²) < 4.78 is 1.59. The average molecular weight is 277 g/mol. The number of fused-ring (bicyclic) bond motifs is 1. The molecule has 7 nitrogen and oxygen atoms in total. The predicted octanol–water partition coefficient (Wildman–Crippen LogP) is 0.637. The number of nitrogens with zero attached hydrogens (tertiary/aromatic N) is 3. The van der Waals surface area contributed by atoms with E-state index in [2.05, 4.69) is 4.98 Å². The van der Waals surface area contributed by atoms with Crippen molar-refractivity contribution >= 4 is 23.0 Å². The maximum absolute atomic E-state index is 11.0. The Bertz CT molecular complexity index is 650. The molecule has 0 spiro atoms. The fourth-order valence-electron chi connectivity index (χ4n) is 2.09. The Hall–Kier alpha value is -2.41. The third kappa shape index (κ3) is 3.12. The Morgan fingerprint density at radius 1 is 1.25 bits per heavy atom. The molecule has 0 unspecified atom stereocenters. The van der Waals surface area contributed by atoms with Crippen molar-refractivity contribution in [2.24, 2.45) is 0 Å². The first-order valence-corrected chi connectivity index (χ1v) is 6.03. The first-order chi connectivity index (χ1) is 9.47. The van der Waals surface area contributed by atoms with Crippen molar-refractivity contribution in [2.45, 2.75) is 13.1 Å². The van der Waals surface area contributed by atoms with E-state index in [1.165, 1.54) is 0 Å². The highest BCUT2D eigenvalue weighted by Crippen LogP contribution is 2.17. The maximum atomic E-state index is 11.0. The Balaban J connectivity index is 2.35. The first-order valence-electron chi connectivity index (χ1n) is 6.03. The van der Waals surface area contributed by atoms with E-state index >= 15 is 0 Å². The number of carboxylic acids is 2. The number of hydrogen-bond acceptors (Lipinski definition) is 4. The van der Waals surface area contributed by atoms with Gasteiger partial charge in [0.2, 0.25) is 0 Å². The molecule has 1 aromatic heterocycles. The number of benzene rings is 1. The van der Waals surface area contributed by atoms with Gasteiger partial charge in [0.15, 0.2) is 0 Å². The van der Waals surface area contributed by atoms with Gasteiger partial charge in [-0.05, 0) is 19.2 Å². The Kier molecular flexibility index (Phi) is 3.99. The van der Waals surface area contributed by atoms with Crippen molar-refractivity contribution < 1.29 is 19.8 Å². The SMILES string of the molecule is CN(CC(=O)O)Cc1nc2ccccc2n1CC(=O)O. The molecule has 0 saturated carbocycles. The van der Waals surface area contributed by atoms with Crippen LogP contribution >= 0.6 is 0 Å². The second-order valence-electron chi connectivity index (χ2n) is 4.56. The molecule has 0 saturated heterocycles. The molecule has 0 atom stereocenters. The zero-order valence-electron chi connectivity index (χ0n) is 11.0. The van der Waals surface area contributed by atoms with E-state index in [-0.39, 0.29) is 19.6 Å². The van der Waals surface area contributed by atoms with Gasteiger partial charge in [0, 0.05) is 0 Å². The highest BCUT2D eigenvalue weighted by Gasteiger charge is 2.15. The minimum Gasteiger partial charge on any atom is -0.480 e. The summed E-state index contributed by atoms with van der Waals surface area (Å²) in [6, 6.07) is 7.23. The van der Waals surface area contributed by atoms with Crippen LogP contribution in [0.4, 0.5) is 0 Å². The summed E-state index contributed by atoms with van der Waals surface area (Å²) >= 11 is 0. The number of rotatable bonds is 6. The smallest absolute Gasteiger partial charge is 0.323 e. The predicted molar refractivity (Wildman–Crippen MR) is 71.3 cm³/mol. The largest absolute Gasteiger partial charge is 0.480 e. The molecule has 2 N–H and O–H groups in total. The van der Waals surface area contributed by atoms with Crippen LogP contribution in [0, 0.1) is 0 Å². The van der Waals surface area contributed by atoms with E-state index in [1.807, 2.05) is 12.1 Å². The van der Waals surface area contributed by atoms with E-state index in [1.54, 1.807) is 28.6 Å². The molecule has 106 valence electrons. The number of para-hydroxylation sites is 2. The molecule has 0 aliphatic heterocycles. The Labute approximate surface area is 115 Å². The van der Waals surface area contributed by atoms with Crippen LogP contribution in [0.5, 0.6) is 0 Å². The summed E-state index contributed by atoms with van der Waals surface area (Å²) in [5.41, 5.74) is 1.43. The minimum atomic E-state index is -0.963. The van der Waals surface area contributed by atoms with Crippen LogP contribution in [-0.4, -0.2) is 50.2 Å². The second-order valence-corrected chi connectivity index (χ2v) is 4.56. The molecule has 2 aromatic rings. The van der Waals surface area contributed by atoms with Crippen LogP contribution in [0.25, 0.3) is 11.0 Å². The molecule has 20 heavy (non-hydrogen) atoms. The monoisotopic (exact) mass is 277 g/mol. The molecule has 0 radical (unpaired) electrons. The van der Waals surface area contributed by atoms with Gasteiger partial charge in [0.25, 0.3) is 0 Å². The molecule has 7 heteroatoms. The van der Waals surface area contributed by atoms with Gasteiger partial charge in [-0.2, -0.15) is 0 Å². The molecule has 0 aliphatic carbocycles. The zero-order chi connectivity index (χ0) is 14.7. The van der Waals surface area contributed by atoms with Crippen molar-refractivity contribution in [3.05, 3.63) is 30.1 Å². The summed E-state index contributed by atoms with van der Waals surface area (Å²) in [4.78, 5) is 27.6. The van der Waals surface area contributed by atoms with Crippen LogP contribution in [0.3, 0.4) is 0 Å². The molecular formula is C13H15N3O4. The van der Waals surface area contributed by atoms with Gasteiger partial charge in [0.05, 0.1) is 24.1 Å². The quantitative estimate of drug-likeness (QED) is 0.804.